The van der Waals surface area contributed by atoms with Gasteiger partial charge in [-0.3, -0.25) is 5.32 Å². The first-order chi connectivity index (χ1) is 13.8. The van der Waals surface area contributed by atoms with E-state index in [0.717, 1.165) is 5.56 Å². The molecule has 8 nitrogen and oxygen atoms in total. The molecule has 0 radical (unpaired) electrons. The van der Waals surface area contributed by atoms with Crippen LogP contribution in [0, 0.1) is 0 Å². The van der Waals surface area contributed by atoms with Crippen LogP contribution in [0.25, 0.3) is 0 Å². The van der Waals surface area contributed by atoms with Crippen molar-refractivity contribution in [2.45, 2.75) is 25.3 Å². The predicted octanol–water partition coefficient (Wildman–Crippen LogP) is 3.48. The first kappa shape index (κ1) is 22.5. The molecule has 0 unspecified atom stereocenters. The lowest BCUT2D eigenvalue weighted by atomic mass is 10.2. The highest BCUT2D eigenvalue weighted by atomic mass is 32.2. The number of sulfonamides is 1. The van der Waals surface area contributed by atoms with E-state index in [9.17, 15) is 13.2 Å². The maximum Gasteiger partial charge on any atom is 0.411 e. The molecule has 0 aliphatic rings. The Bertz CT molecular complexity index is 928. The van der Waals surface area contributed by atoms with E-state index in [-0.39, 0.29) is 23.7 Å². The van der Waals surface area contributed by atoms with Crippen molar-refractivity contribution < 1.29 is 27.4 Å². The van der Waals surface area contributed by atoms with Crippen LogP contribution in [-0.2, 0) is 21.3 Å². The van der Waals surface area contributed by atoms with E-state index in [1.807, 2.05) is 0 Å². The lowest BCUT2D eigenvalue weighted by Crippen LogP contribution is -2.26. The number of ether oxygens (including phenoxy) is 3. The van der Waals surface area contributed by atoms with Gasteiger partial charge in [-0.05, 0) is 49.7 Å². The van der Waals surface area contributed by atoms with Crippen LogP contribution in [0.2, 0.25) is 0 Å². The van der Waals surface area contributed by atoms with Crippen LogP contribution < -0.4 is 14.8 Å². The number of benzene rings is 2. The van der Waals surface area contributed by atoms with Gasteiger partial charge < -0.3 is 14.2 Å². The van der Waals surface area contributed by atoms with Gasteiger partial charge in [-0.1, -0.05) is 12.1 Å². The average Bonchev–Trinajstić information content (AvgIpc) is 2.70. The summed E-state index contributed by atoms with van der Waals surface area (Å²) < 4.78 is 42.7. The Balaban J connectivity index is 2.28. The van der Waals surface area contributed by atoms with Gasteiger partial charge in [-0.25, -0.2) is 13.2 Å². The molecule has 2 aromatic rings. The van der Waals surface area contributed by atoms with Crippen molar-refractivity contribution in [2.24, 2.45) is 0 Å². The number of carbonyl (C=O) groups is 1. The van der Waals surface area contributed by atoms with Gasteiger partial charge in [0, 0.05) is 13.6 Å². The van der Waals surface area contributed by atoms with Gasteiger partial charge in [-0.2, -0.15) is 4.31 Å². The van der Waals surface area contributed by atoms with Crippen molar-refractivity contribution in [2.75, 3.05) is 32.7 Å². The van der Waals surface area contributed by atoms with Crippen molar-refractivity contribution in [1.82, 2.24) is 4.31 Å². The van der Waals surface area contributed by atoms with E-state index >= 15 is 0 Å². The Hall–Kier alpha value is -2.78. The summed E-state index contributed by atoms with van der Waals surface area (Å²) in [7, 11) is -0.737. The van der Waals surface area contributed by atoms with E-state index < -0.39 is 16.1 Å². The molecular weight excluding hydrogens is 396 g/mol. The minimum Gasteiger partial charge on any atom is -0.497 e. The Morgan fingerprint density at radius 2 is 1.76 bits per heavy atom. The standard InChI is InChI=1S/C20H26N2O6S/c1-5-27-19-12-11-17(13-18(19)21-20(23)28-6-2)29(24,25)22(3)14-15-7-9-16(26-4)10-8-15/h7-13H,5-6,14H2,1-4H3,(H,21,23). The molecule has 0 aromatic heterocycles. The van der Waals surface area contributed by atoms with Crippen molar-refractivity contribution in [1.29, 1.82) is 0 Å². The third kappa shape index (κ3) is 5.85. The molecule has 1 N–H and O–H groups in total. The summed E-state index contributed by atoms with van der Waals surface area (Å²) in [6, 6.07) is 11.5. The number of amides is 1. The summed E-state index contributed by atoms with van der Waals surface area (Å²) in [6.45, 7) is 4.21. The summed E-state index contributed by atoms with van der Waals surface area (Å²) in [5, 5.41) is 2.53. The normalized spacial score (nSPS) is 11.2. The quantitative estimate of drug-likeness (QED) is 0.665. The zero-order valence-corrected chi connectivity index (χ0v) is 17.8. The van der Waals surface area contributed by atoms with E-state index in [2.05, 4.69) is 5.32 Å². The van der Waals surface area contributed by atoms with Gasteiger partial charge >= 0.3 is 6.09 Å². The molecule has 1 amide bonds. The summed E-state index contributed by atoms with van der Waals surface area (Å²) in [4.78, 5) is 11.8. The number of hydrogen-bond acceptors (Lipinski definition) is 6. The predicted molar refractivity (Wildman–Crippen MR) is 110 cm³/mol. The Morgan fingerprint density at radius 1 is 1.07 bits per heavy atom. The summed E-state index contributed by atoms with van der Waals surface area (Å²) in [5.74, 6) is 1.05. The van der Waals surface area contributed by atoms with Gasteiger partial charge in [0.05, 0.1) is 30.9 Å². The highest BCUT2D eigenvalue weighted by Gasteiger charge is 2.23. The topological polar surface area (TPSA) is 94.2 Å². The number of nitrogens with one attached hydrogen (secondary N) is 1. The van der Waals surface area contributed by atoms with E-state index in [1.165, 1.54) is 29.6 Å². The van der Waals surface area contributed by atoms with Crippen LogP contribution in [0.1, 0.15) is 19.4 Å². The maximum atomic E-state index is 13.0. The van der Waals surface area contributed by atoms with Crippen molar-refractivity contribution >= 4 is 21.8 Å². The van der Waals surface area contributed by atoms with Gasteiger partial charge in [0.15, 0.2) is 0 Å². The third-order valence-electron chi connectivity index (χ3n) is 4.04. The molecule has 0 fully saturated rings. The second-order valence-corrected chi connectivity index (χ2v) is 8.09. The summed E-state index contributed by atoms with van der Waals surface area (Å²) >= 11 is 0. The fourth-order valence-electron chi connectivity index (χ4n) is 2.58. The molecule has 0 spiro atoms. The van der Waals surface area contributed by atoms with E-state index in [4.69, 9.17) is 14.2 Å². The molecule has 0 saturated heterocycles. The molecule has 2 aromatic carbocycles. The first-order valence-electron chi connectivity index (χ1n) is 9.11. The molecule has 0 atom stereocenters. The molecule has 29 heavy (non-hydrogen) atoms. The SMILES string of the molecule is CCOC(=O)Nc1cc(S(=O)(=O)N(C)Cc2ccc(OC)cc2)ccc1OCC. The van der Waals surface area contributed by atoms with Crippen molar-refractivity contribution in [3.8, 4) is 11.5 Å². The number of rotatable bonds is 9. The molecule has 2 rings (SSSR count). The first-order valence-corrected chi connectivity index (χ1v) is 10.6. The van der Waals surface area contributed by atoms with Gasteiger partial charge in [0.1, 0.15) is 11.5 Å². The van der Waals surface area contributed by atoms with Crippen LogP contribution in [0.3, 0.4) is 0 Å². The van der Waals surface area contributed by atoms with Crippen LogP contribution in [0.4, 0.5) is 10.5 Å². The van der Waals surface area contributed by atoms with Crippen molar-refractivity contribution in [3.05, 3.63) is 48.0 Å². The lowest BCUT2D eigenvalue weighted by Gasteiger charge is -2.19. The average molecular weight is 423 g/mol. The second-order valence-electron chi connectivity index (χ2n) is 6.05. The molecule has 0 heterocycles. The maximum absolute atomic E-state index is 13.0. The second kappa shape index (κ2) is 10.1. The Kier molecular flexibility index (Phi) is 7.86. The lowest BCUT2D eigenvalue weighted by molar-refractivity contribution is 0.167. The smallest absolute Gasteiger partial charge is 0.411 e. The number of carbonyl (C=O) groups excluding carboxylic acids is 1. The molecule has 0 aliphatic carbocycles. The minimum atomic E-state index is -3.80. The summed E-state index contributed by atoms with van der Waals surface area (Å²) in [6.07, 6.45) is -0.686. The largest absolute Gasteiger partial charge is 0.497 e. The minimum absolute atomic E-state index is 0.0313. The van der Waals surface area contributed by atoms with Crippen LogP contribution >= 0.6 is 0 Å². The van der Waals surface area contributed by atoms with Gasteiger partial charge in [0.25, 0.3) is 0 Å². The third-order valence-corrected chi connectivity index (χ3v) is 5.83. The molecule has 158 valence electrons. The number of anilines is 1. The zero-order chi connectivity index (χ0) is 21.4. The number of hydrogen-bond donors (Lipinski definition) is 1. The van der Waals surface area contributed by atoms with E-state index in [1.54, 1.807) is 45.2 Å². The fraction of sp³-hybridized carbons (Fsp3) is 0.350. The van der Waals surface area contributed by atoms with Gasteiger partial charge in [0.2, 0.25) is 10.0 Å². The fourth-order valence-corrected chi connectivity index (χ4v) is 3.76. The zero-order valence-electron chi connectivity index (χ0n) is 17.0. The molecule has 9 heteroatoms. The van der Waals surface area contributed by atoms with E-state index in [0.29, 0.717) is 18.1 Å². The Labute approximate surface area is 171 Å². The highest BCUT2D eigenvalue weighted by molar-refractivity contribution is 7.89. The monoisotopic (exact) mass is 422 g/mol. The molecule has 0 saturated carbocycles. The molecular formula is C20H26N2O6S. The molecule has 0 bridgehead atoms. The van der Waals surface area contributed by atoms with Crippen molar-refractivity contribution in [3.63, 3.8) is 0 Å². The van der Waals surface area contributed by atoms with Crippen LogP contribution in [-0.4, -0.2) is 46.2 Å². The van der Waals surface area contributed by atoms with Crippen LogP contribution in [0.15, 0.2) is 47.4 Å². The van der Waals surface area contributed by atoms with Crippen LogP contribution in [0.5, 0.6) is 11.5 Å². The Morgan fingerprint density at radius 3 is 2.34 bits per heavy atom. The summed E-state index contributed by atoms with van der Waals surface area (Å²) in [5.41, 5.74) is 1.04. The number of methoxy groups -OCH3 is 1. The number of nitrogens with zero attached hydrogens (tertiary/aromatic N) is 1. The van der Waals surface area contributed by atoms with Gasteiger partial charge in [-0.15, -0.1) is 0 Å². The highest BCUT2D eigenvalue weighted by Crippen LogP contribution is 2.29. The molecule has 0 aliphatic heterocycles.